The van der Waals surface area contributed by atoms with Crippen molar-refractivity contribution in [3.05, 3.63) is 105 Å². The molecule has 1 N–H and O–H groups in total. The van der Waals surface area contributed by atoms with Gasteiger partial charge in [-0.1, -0.05) is 97.2 Å². The molecule has 7 heteroatoms. The van der Waals surface area contributed by atoms with Gasteiger partial charge in [0.15, 0.2) is 0 Å². The molecule has 0 unspecified atom stereocenters. The molecular weight excluding hydrogens is 503 g/mol. The van der Waals surface area contributed by atoms with Crippen molar-refractivity contribution in [3.63, 3.8) is 0 Å². The molecule has 3 rings (SSSR count). The van der Waals surface area contributed by atoms with Crippen LogP contribution in [-0.4, -0.2) is 29.3 Å². The molecule has 0 heterocycles. The average Bonchev–Trinajstić information content (AvgIpc) is 2.82. The molecular formula is C28H29Cl3N2O2. The van der Waals surface area contributed by atoms with Gasteiger partial charge in [0.2, 0.25) is 11.8 Å². The summed E-state index contributed by atoms with van der Waals surface area (Å²) in [7, 11) is 0. The van der Waals surface area contributed by atoms with Crippen LogP contribution in [-0.2, 0) is 29.0 Å². The van der Waals surface area contributed by atoms with Gasteiger partial charge in [-0.25, -0.2) is 0 Å². The van der Waals surface area contributed by atoms with Crippen LogP contribution >= 0.6 is 34.8 Å². The van der Waals surface area contributed by atoms with Crippen molar-refractivity contribution in [1.82, 2.24) is 10.2 Å². The monoisotopic (exact) mass is 530 g/mol. The highest BCUT2D eigenvalue weighted by Crippen LogP contribution is 2.24. The van der Waals surface area contributed by atoms with Gasteiger partial charge in [-0.15, -0.1) is 0 Å². The lowest BCUT2D eigenvalue weighted by Gasteiger charge is -2.32. The van der Waals surface area contributed by atoms with Crippen LogP contribution < -0.4 is 5.32 Å². The first-order valence-corrected chi connectivity index (χ1v) is 12.7. The fourth-order valence-electron chi connectivity index (χ4n) is 3.74. The number of nitrogens with one attached hydrogen (secondary N) is 1. The molecule has 0 radical (unpaired) electrons. The van der Waals surface area contributed by atoms with E-state index in [1.807, 2.05) is 62.4 Å². The number of hydrogen-bond acceptors (Lipinski definition) is 2. The third kappa shape index (κ3) is 8.28. The highest BCUT2D eigenvalue weighted by Gasteiger charge is 2.30. The summed E-state index contributed by atoms with van der Waals surface area (Å²) in [6, 6.07) is 21.4. The molecule has 3 aromatic rings. The third-order valence-electron chi connectivity index (χ3n) is 5.55. The van der Waals surface area contributed by atoms with Gasteiger partial charge in [-0.3, -0.25) is 9.59 Å². The Kier molecular flexibility index (Phi) is 10.0. The van der Waals surface area contributed by atoms with Crippen molar-refractivity contribution in [3.8, 4) is 0 Å². The first-order chi connectivity index (χ1) is 16.7. The van der Waals surface area contributed by atoms with E-state index < -0.39 is 6.04 Å². The Morgan fingerprint density at radius 1 is 0.857 bits per heavy atom. The molecule has 4 nitrogen and oxygen atoms in total. The summed E-state index contributed by atoms with van der Waals surface area (Å²) in [6.45, 7) is 4.82. The Morgan fingerprint density at radius 2 is 1.54 bits per heavy atom. The SMILES string of the molecule is CC(C)CNC(=O)[C@@H](Cc1ccccc1)N(Cc1cccc(Cl)c1)C(=O)Cc1ccc(Cl)cc1Cl. The molecule has 0 aromatic heterocycles. The average molecular weight is 532 g/mol. The Morgan fingerprint density at radius 3 is 2.20 bits per heavy atom. The standard InChI is InChI=1S/C28H29Cl3N2O2/c1-19(2)17-32-28(35)26(14-20-7-4-3-5-8-20)33(18-21-9-6-10-23(29)13-21)27(34)15-22-11-12-24(30)16-25(22)31/h3-13,16,19,26H,14-15,17-18H2,1-2H3,(H,32,35)/t26-/m1/s1. The minimum Gasteiger partial charge on any atom is -0.354 e. The minimum atomic E-state index is -0.714. The number of benzene rings is 3. The van der Waals surface area contributed by atoms with E-state index in [0.717, 1.165) is 11.1 Å². The maximum atomic E-state index is 13.7. The summed E-state index contributed by atoms with van der Waals surface area (Å²) < 4.78 is 0. The maximum Gasteiger partial charge on any atom is 0.243 e. The number of nitrogens with zero attached hydrogens (tertiary/aromatic N) is 1. The van der Waals surface area contributed by atoms with Gasteiger partial charge in [0.25, 0.3) is 0 Å². The zero-order valence-corrected chi connectivity index (χ0v) is 22.1. The van der Waals surface area contributed by atoms with Gasteiger partial charge in [0.1, 0.15) is 6.04 Å². The maximum absolute atomic E-state index is 13.7. The fourth-order valence-corrected chi connectivity index (χ4v) is 4.43. The van der Waals surface area contributed by atoms with E-state index in [1.54, 1.807) is 29.2 Å². The zero-order chi connectivity index (χ0) is 25.4. The quantitative estimate of drug-likeness (QED) is 0.320. The summed E-state index contributed by atoms with van der Waals surface area (Å²) >= 11 is 18.6. The molecule has 2 amide bonds. The van der Waals surface area contributed by atoms with Crippen LogP contribution in [0.2, 0.25) is 15.1 Å². The first kappa shape index (κ1) is 27.1. The van der Waals surface area contributed by atoms with Crippen LogP contribution in [0.25, 0.3) is 0 Å². The predicted octanol–water partition coefficient (Wildman–Crippen LogP) is 6.60. The van der Waals surface area contributed by atoms with Gasteiger partial charge >= 0.3 is 0 Å². The Bertz CT molecular complexity index is 1150. The topological polar surface area (TPSA) is 49.4 Å². The molecule has 0 aliphatic rings. The van der Waals surface area contributed by atoms with E-state index in [0.29, 0.717) is 33.6 Å². The normalized spacial score (nSPS) is 11.8. The molecule has 0 spiro atoms. The highest BCUT2D eigenvalue weighted by molar-refractivity contribution is 6.35. The van der Waals surface area contributed by atoms with E-state index in [2.05, 4.69) is 5.32 Å². The summed E-state index contributed by atoms with van der Waals surface area (Å²) in [5.41, 5.74) is 2.45. The van der Waals surface area contributed by atoms with Crippen LogP contribution in [0.4, 0.5) is 0 Å². The second kappa shape index (κ2) is 13.0. The van der Waals surface area contributed by atoms with Crippen LogP contribution in [0.1, 0.15) is 30.5 Å². The van der Waals surface area contributed by atoms with Gasteiger partial charge in [0.05, 0.1) is 6.42 Å². The lowest BCUT2D eigenvalue weighted by Crippen LogP contribution is -2.51. The molecule has 1 atom stereocenters. The highest BCUT2D eigenvalue weighted by atomic mass is 35.5. The first-order valence-electron chi connectivity index (χ1n) is 11.5. The van der Waals surface area contributed by atoms with Crippen LogP contribution in [0.5, 0.6) is 0 Å². The van der Waals surface area contributed by atoms with E-state index >= 15 is 0 Å². The number of amides is 2. The lowest BCUT2D eigenvalue weighted by atomic mass is 10.0. The molecule has 0 saturated carbocycles. The van der Waals surface area contributed by atoms with Crippen molar-refractivity contribution < 1.29 is 9.59 Å². The molecule has 35 heavy (non-hydrogen) atoms. The number of carbonyl (C=O) groups excluding carboxylic acids is 2. The van der Waals surface area contributed by atoms with Crippen molar-refractivity contribution in [2.45, 2.75) is 39.3 Å². The third-order valence-corrected chi connectivity index (χ3v) is 6.38. The fraction of sp³-hybridized carbons (Fsp3) is 0.286. The summed E-state index contributed by atoms with van der Waals surface area (Å²) in [5.74, 6) is -0.128. The van der Waals surface area contributed by atoms with Crippen molar-refractivity contribution in [2.24, 2.45) is 5.92 Å². The second-order valence-corrected chi connectivity index (χ2v) is 10.2. The smallest absolute Gasteiger partial charge is 0.243 e. The Labute approximate surface area is 222 Å². The minimum absolute atomic E-state index is 0.0410. The van der Waals surface area contributed by atoms with Crippen molar-refractivity contribution in [2.75, 3.05) is 6.54 Å². The molecule has 0 saturated heterocycles. The Hall–Kier alpha value is -2.53. The van der Waals surface area contributed by atoms with Gasteiger partial charge in [0, 0.05) is 34.6 Å². The lowest BCUT2D eigenvalue weighted by molar-refractivity contribution is -0.140. The van der Waals surface area contributed by atoms with Gasteiger partial charge in [-0.05, 0) is 46.9 Å². The Balaban J connectivity index is 1.97. The van der Waals surface area contributed by atoms with Crippen LogP contribution in [0.3, 0.4) is 0 Å². The van der Waals surface area contributed by atoms with Crippen LogP contribution in [0, 0.1) is 5.92 Å². The van der Waals surface area contributed by atoms with Gasteiger partial charge in [-0.2, -0.15) is 0 Å². The van der Waals surface area contributed by atoms with E-state index in [9.17, 15) is 9.59 Å². The number of halogens is 3. The summed E-state index contributed by atoms with van der Waals surface area (Å²) in [6.07, 6.45) is 0.421. The summed E-state index contributed by atoms with van der Waals surface area (Å²) in [4.78, 5) is 28.8. The molecule has 0 bridgehead atoms. The number of carbonyl (C=O) groups is 2. The van der Waals surface area contributed by atoms with Crippen molar-refractivity contribution >= 4 is 46.6 Å². The van der Waals surface area contributed by atoms with E-state index in [4.69, 9.17) is 34.8 Å². The zero-order valence-electron chi connectivity index (χ0n) is 19.8. The summed E-state index contributed by atoms with van der Waals surface area (Å²) in [5, 5.41) is 4.50. The molecule has 0 fully saturated rings. The number of hydrogen-bond donors (Lipinski definition) is 1. The van der Waals surface area contributed by atoms with Crippen LogP contribution in [0.15, 0.2) is 72.8 Å². The predicted molar refractivity (Wildman–Crippen MR) is 144 cm³/mol. The molecule has 0 aliphatic heterocycles. The second-order valence-electron chi connectivity index (χ2n) is 8.91. The molecule has 3 aromatic carbocycles. The largest absolute Gasteiger partial charge is 0.354 e. The molecule has 0 aliphatic carbocycles. The van der Waals surface area contributed by atoms with E-state index in [1.165, 1.54) is 0 Å². The molecule has 184 valence electrons. The van der Waals surface area contributed by atoms with Gasteiger partial charge < -0.3 is 10.2 Å². The van der Waals surface area contributed by atoms with E-state index in [-0.39, 0.29) is 30.7 Å². The van der Waals surface area contributed by atoms with Crippen molar-refractivity contribution in [1.29, 1.82) is 0 Å². The number of rotatable bonds is 10.